The van der Waals surface area contributed by atoms with Crippen molar-refractivity contribution < 1.29 is 13.5 Å². The van der Waals surface area contributed by atoms with Gasteiger partial charge in [0.25, 0.3) is 0 Å². The molecular formula is C10H13NO3S. The van der Waals surface area contributed by atoms with E-state index >= 15 is 0 Å². The molecule has 0 unspecified atom stereocenters. The minimum Gasteiger partial charge on any atom is -0.508 e. The van der Waals surface area contributed by atoms with Crippen LogP contribution in [0.25, 0.3) is 0 Å². The first-order chi connectivity index (χ1) is 7.10. The molecule has 1 aliphatic heterocycles. The molecule has 1 aliphatic rings. The molecule has 2 rings (SSSR count). The van der Waals surface area contributed by atoms with Gasteiger partial charge in [0.05, 0.1) is 10.1 Å². The zero-order valence-electron chi connectivity index (χ0n) is 8.18. The molecule has 0 saturated carbocycles. The fourth-order valence-corrected chi connectivity index (χ4v) is 3.39. The topological polar surface area (TPSA) is 66.4 Å². The van der Waals surface area contributed by atoms with Gasteiger partial charge >= 0.3 is 0 Å². The van der Waals surface area contributed by atoms with E-state index in [-0.39, 0.29) is 15.9 Å². The molecule has 15 heavy (non-hydrogen) atoms. The maximum Gasteiger partial charge on any atom is 0.182 e. The zero-order valence-corrected chi connectivity index (χ0v) is 9.00. The summed E-state index contributed by atoms with van der Waals surface area (Å²) in [6, 6.07) is 5.69. The summed E-state index contributed by atoms with van der Waals surface area (Å²) >= 11 is 0. The number of hydrogen-bond donors (Lipinski definition) is 2. The summed E-state index contributed by atoms with van der Waals surface area (Å²) in [7, 11) is -3.23. The van der Waals surface area contributed by atoms with Crippen LogP contribution in [-0.2, 0) is 9.84 Å². The molecule has 2 N–H and O–H groups in total. The SMILES string of the molecule is O=S(=O)(c1ccc(O)cc1)[C@H]1CCNC1. The van der Waals surface area contributed by atoms with Crippen molar-refractivity contribution in [2.75, 3.05) is 13.1 Å². The van der Waals surface area contributed by atoms with Gasteiger partial charge in [-0.05, 0) is 37.2 Å². The fourth-order valence-electron chi connectivity index (χ4n) is 1.72. The summed E-state index contributed by atoms with van der Waals surface area (Å²) in [5.41, 5.74) is 0. The van der Waals surface area contributed by atoms with Crippen LogP contribution in [-0.4, -0.2) is 31.9 Å². The zero-order chi connectivity index (χ0) is 10.9. The summed E-state index contributed by atoms with van der Waals surface area (Å²) in [5, 5.41) is 11.8. The molecular weight excluding hydrogens is 214 g/mol. The van der Waals surface area contributed by atoms with Crippen molar-refractivity contribution in [3.05, 3.63) is 24.3 Å². The molecule has 0 radical (unpaired) electrons. The normalized spacial score (nSPS) is 21.7. The van der Waals surface area contributed by atoms with Gasteiger partial charge in [0.2, 0.25) is 0 Å². The lowest BCUT2D eigenvalue weighted by atomic mass is 10.3. The lowest BCUT2D eigenvalue weighted by Gasteiger charge is -2.10. The van der Waals surface area contributed by atoms with E-state index in [1.807, 2.05) is 0 Å². The molecule has 5 heteroatoms. The highest BCUT2D eigenvalue weighted by molar-refractivity contribution is 7.92. The van der Waals surface area contributed by atoms with Crippen LogP contribution in [0.2, 0.25) is 0 Å². The predicted molar refractivity (Wildman–Crippen MR) is 56.6 cm³/mol. The van der Waals surface area contributed by atoms with Gasteiger partial charge in [-0.3, -0.25) is 0 Å². The standard InChI is InChI=1S/C10H13NO3S/c12-8-1-3-9(4-2-8)15(13,14)10-5-6-11-7-10/h1-4,10-12H,5-7H2/t10-/m0/s1. The van der Waals surface area contributed by atoms with Gasteiger partial charge in [0.15, 0.2) is 9.84 Å². The lowest BCUT2D eigenvalue weighted by molar-refractivity contribution is 0.474. The Morgan fingerprint density at radius 1 is 1.27 bits per heavy atom. The van der Waals surface area contributed by atoms with Crippen LogP contribution in [0, 0.1) is 0 Å². The number of benzene rings is 1. The molecule has 1 heterocycles. The average Bonchev–Trinajstić information content (AvgIpc) is 2.71. The Morgan fingerprint density at radius 3 is 2.47 bits per heavy atom. The van der Waals surface area contributed by atoms with E-state index in [9.17, 15) is 8.42 Å². The number of nitrogens with one attached hydrogen (secondary N) is 1. The van der Waals surface area contributed by atoms with Crippen molar-refractivity contribution >= 4 is 9.84 Å². The molecule has 0 bridgehead atoms. The first-order valence-electron chi connectivity index (χ1n) is 4.84. The Labute approximate surface area is 88.9 Å². The number of hydrogen-bond acceptors (Lipinski definition) is 4. The van der Waals surface area contributed by atoms with E-state index in [1.165, 1.54) is 24.3 Å². The number of rotatable bonds is 2. The van der Waals surface area contributed by atoms with E-state index in [2.05, 4.69) is 5.32 Å². The third-order valence-corrected chi connectivity index (χ3v) is 4.83. The number of phenolic OH excluding ortho intramolecular Hbond substituents is 1. The van der Waals surface area contributed by atoms with Crippen LogP contribution >= 0.6 is 0 Å². The Morgan fingerprint density at radius 2 is 1.93 bits per heavy atom. The Hall–Kier alpha value is -1.07. The molecule has 4 nitrogen and oxygen atoms in total. The van der Waals surface area contributed by atoms with Gasteiger partial charge in [0, 0.05) is 6.54 Å². The van der Waals surface area contributed by atoms with Crippen LogP contribution in [0.4, 0.5) is 0 Å². The fraction of sp³-hybridized carbons (Fsp3) is 0.400. The maximum atomic E-state index is 12.0. The minimum absolute atomic E-state index is 0.0819. The van der Waals surface area contributed by atoms with Gasteiger partial charge < -0.3 is 10.4 Å². The van der Waals surface area contributed by atoms with Crippen molar-refractivity contribution in [1.82, 2.24) is 5.32 Å². The van der Waals surface area contributed by atoms with E-state index in [4.69, 9.17) is 5.11 Å². The molecule has 0 spiro atoms. The Kier molecular flexibility index (Phi) is 2.67. The second-order valence-electron chi connectivity index (χ2n) is 3.65. The summed E-state index contributed by atoms with van der Waals surface area (Å²) in [4.78, 5) is 0.286. The molecule has 0 aromatic heterocycles. The van der Waals surface area contributed by atoms with E-state index < -0.39 is 9.84 Å². The summed E-state index contributed by atoms with van der Waals surface area (Å²) < 4.78 is 24.0. The summed E-state index contributed by atoms with van der Waals surface area (Å²) in [5.74, 6) is 0.0819. The first-order valence-corrected chi connectivity index (χ1v) is 6.39. The van der Waals surface area contributed by atoms with Crippen LogP contribution in [0.15, 0.2) is 29.2 Å². The minimum atomic E-state index is -3.23. The maximum absolute atomic E-state index is 12.0. The van der Waals surface area contributed by atoms with Crippen molar-refractivity contribution in [3.63, 3.8) is 0 Å². The van der Waals surface area contributed by atoms with Gasteiger partial charge in [-0.25, -0.2) is 8.42 Å². The second kappa shape index (κ2) is 3.83. The largest absolute Gasteiger partial charge is 0.508 e. The third kappa shape index (κ3) is 1.98. The highest BCUT2D eigenvalue weighted by Crippen LogP contribution is 2.22. The highest BCUT2D eigenvalue weighted by Gasteiger charge is 2.29. The molecule has 82 valence electrons. The van der Waals surface area contributed by atoms with Crippen molar-refractivity contribution in [2.45, 2.75) is 16.6 Å². The summed E-state index contributed by atoms with van der Waals surface area (Å²) in [6.45, 7) is 1.27. The monoisotopic (exact) mass is 227 g/mol. The molecule has 1 atom stereocenters. The van der Waals surface area contributed by atoms with Gasteiger partial charge in [-0.15, -0.1) is 0 Å². The third-order valence-electron chi connectivity index (χ3n) is 2.62. The number of phenols is 1. The molecule has 0 amide bonds. The molecule has 1 fully saturated rings. The smallest absolute Gasteiger partial charge is 0.182 e. The molecule has 1 aromatic carbocycles. The van der Waals surface area contributed by atoms with E-state index in [0.29, 0.717) is 13.0 Å². The predicted octanol–water partition coefficient (Wildman–Crippen LogP) is 0.528. The Bertz CT molecular complexity index is 432. The average molecular weight is 227 g/mol. The van der Waals surface area contributed by atoms with E-state index in [0.717, 1.165) is 6.54 Å². The molecule has 1 aromatic rings. The number of aromatic hydroxyl groups is 1. The van der Waals surface area contributed by atoms with Crippen molar-refractivity contribution in [1.29, 1.82) is 0 Å². The van der Waals surface area contributed by atoms with Crippen LogP contribution in [0.3, 0.4) is 0 Å². The quantitative estimate of drug-likeness (QED) is 0.773. The lowest BCUT2D eigenvalue weighted by Crippen LogP contribution is -2.23. The van der Waals surface area contributed by atoms with Crippen molar-refractivity contribution in [2.24, 2.45) is 0 Å². The van der Waals surface area contributed by atoms with Gasteiger partial charge in [0.1, 0.15) is 5.75 Å². The van der Waals surface area contributed by atoms with Crippen LogP contribution < -0.4 is 5.32 Å². The van der Waals surface area contributed by atoms with Crippen LogP contribution in [0.5, 0.6) is 5.75 Å². The van der Waals surface area contributed by atoms with Crippen molar-refractivity contribution in [3.8, 4) is 5.75 Å². The second-order valence-corrected chi connectivity index (χ2v) is 5.88. The van der Waals surface area contributed by atoms with E-state index in [1.54, 1.807) is 0 Å². The molecule has 1 saturated heterocycles. The summed E-state index contributed by atoms with van der Waals surface area (Å²) in [6.07, 6.45) is 0.656. The Balaban J connectivity index is 2.32. The first kappa shape index (κ1) is 10.4. The highest BCUT2D eigenvalue weighted by atomic mass is 32.2. The van der Waals surface area contributed by atoms with Gasteiger partial charge in [-0.1, -0.05) is 0 Å². The van der Waals surface area contributed by atoms with Gasteiger partial charge in [-0.2, -0.15) is 0 Å². The molecule has 0 aliphatic carbocycles. The number of sulfone groups is 1. The van der Waals surface area contributed by atoms with Crippen LogP contribution in [0.1, 0.15) is 6.42 Å².